The van der Waals surface area contributed by atoms with Gasteiger partial charge in [0.1, 0.15) is 0 Å². The number of nitro benzene ring substituents is 1. The van der Waals surface area contributed by atoms with Crippen LogP contribution in [-0.2, 0) is 11.3 Å². The Labute approximate surface area is 148 Å². The van der Waals surface area contributed by atoms with E-state index < -0.39 is 10.9 Å². The molecule has 0 saturated heterocycles. The standard InChI is InChI=1S/C19H16N2O5/c1-12-9-18(22)16-8-7-15(21(24)25)10-17(16)20(12)11-13-3-5-14(6-4-13)19(23)26-2/h3-10H,11H2,1-2H3. The van der Waals surface area contributed by atoms with Crippen LogP contribution in [0.2, 0.25) is 0 Å². The summed E-state index contributed by atoms with van der Waals surface area (Å²) in [7, 11) is 1.32. The van der Waals surface area contributed by atoms with E-state index in [0.29, 0.717) is 28.7 Å². The van der Waals surface area contributed by atoms with Crippen LogP contribution < -0.4 is 5.43 Å². The third-order valence-electron chi connectivity index (χ3n) is 4.23. The number of aromatic nitrogens is 1. The fourth-order valence-electron chi connectivity index (χ4n) is 2.86. The molecule has 3 rings (SSSR count). The third-order valence-corrected chi connectivity index (χ3v) is 4.23. The number of aryl methyl sites for hydroxylation is 1. The van der Waals surface area contributed by atoms with Gasteiger partial charge in [0.2, 0.25) is 0 Å². The zero-order valence-corrected chi connectivity index (χ0v) is 14.3. The van der Waals surface area contributed by atoms with Crippen molar-refractivity contribution < 1.29 is 14.5 Å². The first-order valence-corrected chi connectivity index (χ1v) is 7.86. The summed E-state index contributed by atoms with van der Waals surface area (Å²) < 4.78 is 6.52. The number of pyridine rings is 1. The van der Waals surface area contributed by atoms with Crippen LogP contribution in [0.15, 0.2) is 53.3 Å². The molecule has 26 heavy (non-hydrogen) atoms. The van der Waals surface area contributed by atoms with Gasteiger partial charge in [0.05, 0.1) is 23.1 Å². The molecular formula is C19H16N2O5. The van der Waals surface area contributed by atoms with Gasteiger partial charge < -0.3 is 9.30 Å². The lowest BCUT2D eigenvalue weighted by Crippen LogP contribution is -2.13. The van der Waals surface area contributed by atoms with Crippen LogP contribution in [0.4, 0.5) is 5.69 Å². The minimum Gasteiger partial charge on any atom is -0.465 e. The molecule has 0 spiro atoms. The molecule has 7 nitrogen and oxygen atoms in total. The molecule has 0 unspecified atom stereocenters. The van der Waals surface area contributed by atoms with Crippen LogP contribution in [0.25, 0.3) is 10.9 Å². The number of esters is 1. The molecule has 0 saturated carbocycles. The minimum absolute atomic E-state index is 0.0720. The number of ether oxygens (including phenoxy) is 1. The van der Waals surface area contributed by atoms with E-state index in [1.165, 1.54) is 31.4 Å². The molecular weight excluding hydrogens is 336 g/mol. The van der Waals surface area contributed by atoms with Crippen molar-refractivity contribution in [2.75, 3.05) is 7.11 Å². The lowest BCUT2D eigenvalue weighted by atomic mass is 10.1. The van der Waals surface area contributed by atoms with E-state index in [9.17, 15) is 19.7 Å². The predicted molar refractivity (Wildman–Crippen MR) is 96.5 cm³/mol. The molecule has 0 aliphatic rings. The fourth-order valence-corrected chi connectivity index (χ4v) is 2.86. The van der Waals surface area contributed by atoms with Crippen LogP contribution in [0.5, 0.6) is 0 Å². The van der Waals surface area contributed by atoms with E-state index in [2.05, 4.69) is 4.74 Å². The molecule has 3 aromatic rings. The summed E-state index contributed by atoms with van der Waals surface area (Å²) in [6, 6.07) is 12.6. The zero-order chi connectivity index (χ0) is 18.8. The van der Waals surface area contributed by atoms with E-state index >= 15 is 0 Å². The number of fused-ring (bicyclic) bond motifs is 1. The monoisotopic (exact) mass is 352 g/mol. The number of non-ortho nitro benzene ring substituents is 1. The highest BCUT2D eigenvalue weighted by atomic mass is 16.6. The number of hydrogen-bond acceptors (Lipinski definition) is 5. The average Bonchev–Trinajstić information content (AvgIpc) is 2.64. The van der Waals surface area contributed by atoms with Crippen molar-refractivity contribution in [2.24, 2.45) is 0 Å². The van der Waals surface area contributed by atoms with Gasteiger partial charge in [0, 0.05) is 35.8 Å². The van der Waals surface area contributed by atoms with E-state index in [-0.39, 0.29) is 11.1 Å². The number of rotatable bonds is 4. The van der Waals surface area contributed by atoms with E-state index in [0.717, 1.165) is 5.56 Å². The average molecular weight is 352 g/mol. The van der Waals surface area contributed by atoms with Gasteiger partial charge in [-0.15, -0.1) is 0 Å². The Bertz CT molecular complexity index is 1070. The topological polar surface area (TPSA) is 91.4 Å². The van der Waals surface area contributed by atoms with Crippen molar-refractivity contribution in [3.63, 3.8) is 0 Å². The molecule has 0 N–H and O–H groups in total. The maximum absolute atomic E-state index is 12.2. The number of carbonyl (C=O) groups is 1. The molecule has 7 heteroatoms. The van der Waals surface area contributed by atoms with E-state index in [1.807, 2.05) is 4.57 Å². The predicted octanol–water partition coefficient (Wildman–Crippen LogP) is 3.05. The summed E-state index contributed by atoms with van der Waals surface area (Å²) in [5, 5.41) is 11.5. The molecule has 132 valence electrons. The van der Waals surface area contributed by atoms with Gasteiger partial charge in [-0.25, -0.2) is 4.79 Å². The summed E-state index contributed by atoms with van der Waals surface area (Å²) in [4.78, 5) is 34.3. The van der Waals surface area contributed by atoms with Crippen LogP contribution in [0.1, 0.15) is 21.6 Å². The van der Waals surface area contributed by atoms with Crippen LogP contribution in [-0.4, -0.2) is 22.6 Å². The molecule has 0 amide bonds. The van der Waals surface area contributed by atoms with Gasteiger partial charge in [0.25, 0.3) is 5.69 Å². The molecule has 1 heterocycles. The SMILES string of the molecule is COC(=O)c1ccc(Cn2c(C)cc(=O)c3ccc([N+](=O)[O-])cc32)cc1. The van der Waals surface area contributed by atoms with Gasteiger partial charge >= 0.3 is 5.97 Å². The van der Waals surface area contributed by atoms with Crippen molar-refractivity contribution in [1.29, 1.82) is 0 Å². The Balaban J connectivity index is 2.09. The maximum Gasteiger partial charge on any atom is 0.337 e. The Morgan fingerprint density at radius 2 is 1.85 bits per heavy atom. The summed E-state index contributed by atoms with van der Waals surface area (Å²) in [5.74, 6) is -0.419. The molecule has 1 aromatic heterocycles. The number of nitro groups is 1. The highest BCUT2D eigenvalue weighted by Gasteiger charge is 2.13. The summed E-state index contributed by atoms with van der Waals surface area (Å²) in [5.41, 5.74) is 2.27. The Kier molecular flexibility index (Phi) is 4.53. The number of nitrogens with zero attached hydrogens (tertiary/aromatic N) is 2. The van der Waals surface area contributed by atoms with Crippen LogP contribution in [0.3, 0.4) is 0 Å². The van der Waals surface area contributed by atoms with Gasteiger partial charge in [0.15, 0.2) is 5.43 Å². The highest BCUT2D eigenvalue weighted by Crippen LogP contribution is 2.21. The molecule has 0 bridgehead atoms. The quantitative estimate of drug-likeness (QED) is 0.409. The van der Waals surface area contributed by atoms with Gasteiger partial charge in [-0.3, -0.25) is 14.9 Å². The Hall–Kier alpha value is -3.48. The van der Waals surface area contributed by atoms with Crippen molar-refractivity contribution >= 4 is 22.6 Å². The minimum atomic E-state index is -0.484. The second-order valence-corrected chi connectivity index (χ2v) is 5.88. The molecule has 0 aliphatic heterocycles. The van der Waals surface area contributed by atoms with Gasteiger partial charge in [-0.1, -0.05) is 12.1 Å². The van der Waals surface area contributed by atoms with Crippen LogP contribution in [0, 0.1) is 17.0 Å². The van der Waals surface area contributed by atoms with Crippen molar-refractivity contribution in [3.05, 3.63) is 85.7 Å². The Morgan fingerprint density at radius 3 is 2.46 bits per heavy atom. The number of carbonyl (C=O) groups excluding carboxylic acids is 1. The first kappa shape index (κ1) is 17.3. The molecule has 0 fully saturated rings. The maximum atomic E-state index is 12.2. The second-order valence-electron chi connectivity index (χ2n) is 5.88. The zero-order valence-electron chi connectivity index (χ0n) is 14.3. The summed E-state index contributed by atoms with van der Waals surface area (Å²) in [6.07, 6.45) is 0. The normalized spacial score (nSPS) is 10.7. The smallest absolute Gasteiger partial charge is 0.337 e. The van der Waals surface area contributed by atoms with Gasteiger partial charge in [-0.2, -0.15) is 0 Å². The lowest BCUT2D eigenvalue weighted by Gasteiger charge is -2.15. The molecule has 0 aliphatic carbocycles. The highest BCUT2D eigenvalue weighted by molar-refractivity contribution is 5.89. The molecule has 0 radical (unpaired) electrons. The second kappa shape index (κ2) is 6.79. The van der Waals surface area contributed by atoms with Crippen LogP contribution >= 0.6 is 0 Å². The first-order valence-electron chi connectivity index (χ1n) is 7.86. The number of methoxy groups -OCH3 is 1. The molecule has 2 aromatic carbocycles. The van der Waals surface area contributed by atoms with Crippen molar-refractivity contribution in [1.82, 2.24) is 4.57 Å². The largest absolute Gasteiger partial charge is 0.465 e. The van der Waals surface area contributed by atoms with E-state index in [1.54, 1.807) is 31.2 Å². The van der Waals surface area contributed by atoms with Crippen molar-refractivity contribution in [2.45, 2.75) is 13.5 Å². The lowest BCUT2D eigenvalue weighted by molar-refractivity contribution is -0.384. The third kappa shape index (κ3) is 3.19. The number of benzene rings is 2. The fraction of sp³-hybridized carbons (Fsp3) is 0.158. The van der Waals surface area contributed by atoms with Gasteiger partial charge in [-0.05, 0) is 30.7 Å². The summed E-state index contributed by atoms with van der Waals surface area (Å²) >= 11 is 0. The summed E-state index contributed by atoms with van der Waals surface area (Å²) in [6.45, 7) is 2.19. The van der Waals surface area contributed by atoms with Crippen molar-refractivity contribution in [3.8, 4) is 0 Å². The van der Waals surface area contributed by atoms with E-state index in [4.69, 9.17) is 0 Å². The first-order chi connectivity index (χ1) is 12.4. The Morgan fingerprint density at radius 1 is 1.15 bits per heavy atom. The molecule has 0 atom stereocenters. The number of hydrogen-bond donors (Lipinski definition) is 0.